The molecule has 0 bridgehead atoms. The van der Waals surface area contributed by atoms with Crippen molar-refractivity contribution in [2.45, 2.75) is 0 Å². The highest BCUT2D eigenvalue weighted by Gasteiger charge is 2.12. The highest BCUT2D eigenvalue weighted by molar-refractivity contribution is 6.30. The standard InChI is InChI=1S/C22H21ClN4O2/c1-4-21(28)26-17-9-10-19(25-16-7-5-15(23)6-8-16)18(12-17)14-11-20(24-2)22(29)27(3)13-14/h4-13,24-25H,1H2,2-3H3,(H,26,28). The van der Waals surface area contributed by atoms with Crippen LogP contribution in [-0.2, 0) is 11.8 Å². The van der Waals surface area contributed by atoms with Gasteiger partial charge in [0.1, 0.15) is 5.69 Å². The van der Waals surface area contributed by atoms with Crippen LogP contribution in [0.1, 0.15) is 0 Å². The fraction of sp³-hybridized carbons (Fsp3) is 0.0909. The maximum Gasteiger partial charge on any atom is 0.273 e. The number of carbonyl (C=O) groups is 1. The first-order valence-corrected chi connectivity index (χ1v) is 9.28. The molecule has 0 radical (unpaired) electrons. The van der Waals surface area contributed by atoms with E-state index in [1.165, 1.54) is 10.6 Å². The minimum absolute atomic E-state index is 0.125. The SMILES string of the molecule is C=CC(=O)Nc1ccc(Nc2ccc(Cl)cc2)c(-c2cc(NC)c(=O)n(C)c2)c1. The van der Waals surface area contributed by atoms with Gasteiger partial charge in [0.05, 0.1) is 0 Å². The van der Waals surface area contributed by atoms with E-state index in [9.17, 15) is 9.59 Å². The molecule has 7 heteroatoms. The van der Waals surface area contributed by atoms with Gasteiger partial charge in [0.25, 0.3) is 5.56 Å². The van der Waals surface area contributed by atoms with Crippen molar-refractivity contribution in [1.29, 1.82) is 0 Å². The van der Waals surface area contributed by atoms with Gasteiger partial charge in [0.15, 0.2) is 0 Å². The lowest BCUT2D eigenvalue weighted by atomic mass is 10.0. The average Bonchev–Trinajstić information content (AvgIpc) is 2.72. The highest BCUT2D eigenvalue weighted by Crippen LogP contribution is 2.33. The summed E-state index contributed by atoms with van der Waals surface area (Å²) < 4.78 is 1.52. The van der Waals surface area contributed by atoms with Crippen LogP contribution in [0.2, 0.25) is 5.02 Å². The summed E-state index contributed by atoms with van der Waals surface area (Å²) in [6.07, 6.45) is 2.97. The first-order chi connectivity index (χ1) is 13.9. The molecule has 1 heterocycles. The van der Waals surface area contributed by atoms with Crippen molar-refractivity contribution in [1.82, 2.24) is 4.57 Å². The number of aryl methyl sites for hydroxylation is 1. The van der Waals surface area contributed by atoms with Gasteiger partial charge in [-0.3, -0.25) is 9.59 Å². The largest absolute Gasteiger partial charge is 0.384 e. The number of hydrogen-bond acceptors (Lipinski definition) is 4. The number of anilines is 4. The lowest BCUT2D eigenvalue weighted by molar-refractivity contribution is -0.111. The molecule has 0 saturated heterocycles. The van der Waals surface area contributed by atoms with Crippen molar-refractivity contribution >= 4 is 40.3 Å². The van der Waals surface area contributed by atoms with Crippen molar-refractivity contribution in [3.05, 3.63) is 82.8 Å². The van der Waals surface area contributed by atoms with Gasteiger partial charge in [-0.15, -0.1) is 0 Å². The molecule has 0 unspecified atom stereocenters. The van der Waals surface area contributed by atoms with E-state index in [4.69, 9.17) is 11.6 Å². The summed E-state index contributed by atoms with van der Waals surface area (Å²) in [4.78, 5) is 24.0. The van der Waals surface area contributed by atoms with E-state index in [0.29, 0.717) is 16.4 Å². The summed E-state index contributed by atoms with van der Waals surface area (Å²) in [5, 5.41) is 9.71. The number of nitrogens with one attached hydrogen (secondary N) is 3. The van der Waals surface area contributed by atoms with Crippen LogP contribution in [0, 0.1) is 0 Å². The predicted molar refractivity (Wildman–Crippen MR) is 120 cm³/mol. The van der Waals surface area contributed by atoms with Crippen molar-refractivity contribution in [3.63, 3.8) is 0 Å². The average molecular weight is 409 g/mol. The highest BCUT2D eigenvalue weighted by atomic mass is 35.5. The van der Waals surface area contributed by atoms with Crippen molar-refractivity contribution < 1.29 is 4.79 Å². The quantitative estimate of drug-likeness (QED) is 0.520. The molecule has 0 saturated carbocycles. The van der Waals surface area contributed by atoms with Gasteiger partial charge < -0.3 is 20.5 Å². The lowest BCUT2D eigenvalue weighted by Gasteiger charge is -2.16. The van der Waals surface area contributed by atoms with Crippen LogP contribution in [0.5, 0.6) is 0 Å². The first-order valence-electron chi connectivity index (χ1n) is 8.90. The molecule has 0 aliphatic carbocycles. The molecule has 0 aliphatic rings. The first kappa shape index (κ1) is 20.2. The fourth-order valence-electron chi connectivity index (χ4n) is 2.89. The minimum Gasteiger partial charge on any atom is -0.384 e. The predicted octanol–water partition coefficient (Wildman–Crippen LogP) is 4.62. The second-order valence-corrected chi connectivity index (χ2v) is 6.83. The van der Waals surface area contributed by atoms with Crippen LogP contribution < -0.4 is 21.5 Å². The molecule has 1 aromatic heterocycles. The lowest BCUT2D eigenvalue weighted by Crippen LogP contribution is -2.19. The second-order valence-electron chi connectivity index (χ2n) is 6.39. The maximum absolute atomic E-state index is 12.2. The molecule has 3 N–H and O–H groups in total. The Labute approximate surface area is 173 Å². The maximum atomic E-state index is 12.2. The van der Waals surface area contributed by atoms with Gasteiger partial charge >= 0.3 is 0 Å². The third-order valence-corrected chi connectivity index (χ3v) is 4.61. The Morgan fingerprint density at radius 3 is 2.41 bits per heavy atom. The molecule has 0 aliphatic heterocycles. The number of aromatic nitrogens is 1. The summed E-state index contributed by atoms with van der Waals surface area (Å²) in [5.41, 5.74) is 4.26. The number of benzene rings is 2. The van der Waals surface area contributed by atoms with Gasteiger partial charge in [0.2, 0.25) is 5.91 Å². The molecule has 0 fully saturated rings. The minimum atomic E-state index is -0.300. The van der Waals surface area contributed by atoms with Crippen LogP contribution in [0.25, 0.3) is 11.1 Å². The Hall–Kier alpha value is -3.51. The van der Waals surface area contributed by atoms with Crippen LogP contribution >= 0.6 is 11.6 Å². The van der Waals surface area contributed by atoms with E-state index in [0.717, 1.165) is 22.5 Å². The van der Waals surface area contributed by atoms with Crippen LogP contribution in [-0.4, -0.2) is 17.5 Å². The molecule has 0 spiro atoms. The zero-order valence-corrected chi connectivity index (χ0v) is 16.9. The van der Waals surface area contributed by atoms with E-state index >= 15 is 0 Å². The molecule has 148 valence electrons. The summed E-state index contributed by atoms with van der Waals surface area (Å²) in [7, 11) is 3.40. The Morgan fingerprint density at radius 1 is 1.07 bits per heavy atom. The van der Waals surface area contributed by atoms with E-state index in [1.807, 2.05) is 24.3 Å². The third kappa shape index (κ3) is 4.67. The monoisotopic (exact) mass is 408 g/mol. The van der Waals surface area contributed by atoms with E-state index in [-0.39, 0.29) is 11.5 Å². The molecular weight excluding hydrogens is 388 g/mol. The number of halogens is 1. The van der Waals surface area contributed by atoms with Gasteiger partial charge in [-0.25, -0.2) is 0 Å². The number of nitrogens with zero attached hydrogens (tertiary/aromatic N) is 1. The second kappa shape index (κ2) is 8.67. The molecule has 3 aromatic rings. The molecule has 3 rings (SSSR count). The summed E-state index contributed by atoms with van der Waals surface area (Å²) in [6.45, 7) is 3.48. The van der Waals surface area contributed by atoms with E-state index in [1.54, 1.807) is 44.6 Å². The molecule has 1 amide bonds. The van der Waals surface area contributed by atoms with E-state index < -0.39 is 0 Å². The molecule has 0 atom stereocenters. The third-order valence-electron chi connectivity index (χ3n) is 4.36. The number of rotatable bonds is 6. The Balaban J connectivity index is 2.12. The number of pyridine rings is 1. The van der Waals surface area contributed by atoms with E-state index in [2.05, 4.69) is 22.5 Å². The normalized spacial score (nSPS) is 10.3. The Morgan fingerprint density at radius 2 is 1.76 bits per heavy atom. The summed E-state index contributed by atoms with van der Waals surface area (Å²) in [6, 6.07) is 14.6. The number of hydrogen-bond donors (Lipinski definition) is 3. The van der Waals surface area contributed by atoms with Crippen LogP contribution in [0.3, 0.4) is 0 Å². The number of carbonyl (C=O) groups excluding carboxylic acids is 1. The van der Waals surface area contributed by atoms with Crippen LogP contribution in [0.15, 0.2) is 72.2 Å². The van der Waals surface area contributed by atoms with Crippen molar-refractivity contribution in [2.24, 2.45) is 7.05 Å². The van der Waals surface area contributed by atoms with Gasteiger partial charge in [-0.1, -0.05) is 18.2 Å². The Bertz CT molecular complexity index is 1120. The van der Waals surface area contributed by atoms with Crippen LogP contribution in [0.4, 0.5) is 22.7 Å². The van der Waals surface area contributed by atoms with Gasteiger partial charge in [-0.05, 0) is 54.6 Å². The smallest absolute Gasteiger partial charge is 0.273 e. The Kier molecular flexibility index (Phi) is 6.04. The summed E-state index contributed by atoms with van der Waals surface area (Å²) >= 11 is 5.98. The van der Waals surface area contributed by atoms with Crippen molar-refractivity contribution in [2.75, 3.05) is 23.0 Å². The number of amides is 1. The van der Waals surface area contributed by atoms with Gasteiger partial charge in [0, 0.05) is 53.5 Å². The molecule has 29 heavy (non-hydrogen) atoms. The van der Waals surface area contributed by atoms with Crippen molar-refractivity contribution in [3.8, 4) is 11.1 Å². The molecular formula is C22H21ClN4O2. The molecule has 6 nitrogen and oxygen atoms in total. The van der Waals surface area contributed by atoms with Gasteiger partial charge in [-0.2, -0.15) is 0 Å². The zero-order chi connectivity index (χ0) is 21.0. The molecule has 2 aromatic carbocycles. The fourth-order valence-corrected chi connectivity index (χ4v) is 3.02. The zero-order valence-electron chi connectivity index (χ0n) is 16.1. The topological polar surface area (TPSA) is 75.2 Å². The summed E-state index contributed by atoms with van der Waals surface area (Å²) in [5.74, 6) is -0.300.